The average Bonchev–Trinajstić information content (AvgIpc) is 0. The third-order valence-corrected chi connectivity index (χ3v) is 0. The molecule has 0 saturated carbocycles. The molecule has 9 nitrogen and oxygen atoms in total. The van der Waals surface area contributed by atoms with Crippen LogP contribution in [0.5, 0.6) is 0 Å². The van der Waals surface area contributed by atoms with E-state index in [1.54, 1.807) is 0 Å². The molecule has 0 aromatic carbocycles. The van der Waals surface area contributed by atoms with Crippen molar-refractivity contribution in [3.05, 3.63) is 0 Å². The molecule has 0 aliphatic carbocycles. The van der Waals surface area contributed by atoms with E-state index in [0.717, 1.165) is 0 Å². The van der Waals surface area contributed by atoms with Gasteiger partial charge in [0, 0.05) is 0 Å². The van der Waals surface area contributed by atoms with E-state index in [0.29, 0.717) is 0 Å². The van der Waals surface area contributed by atoms with Gasteiger partial charge in [0.05, 0.1) is 0 Å². The summed E-state index contributed by atoms with van der Waals surface area (Å²) in [4.78, 5) is 0. The van der Waals surface area contributed by atoms with Gasteiger partial charge in [-0.05, 0) is 0 Å². The van der Waals surface area contributed by atoms with Crippen molar-refractivity contribution in [2.45, 2.75) is 0 Å². The van der Waals surface area contributed by atoms with Crippen LogP contribution >= 0.6 is 0 Å². The van der Waals surface area contributed by atoms with Gasteiger partial charge in [0.15, 0.2) is 0 Å². The van der Waals surface area contributed by atoms with Crippen LogP contribution in [0.4, 0.5) is 0 Å². The van der Waals surface area contributed by atoms with Crippen molar-refractivity contribution in [3.8, 4) is 0 Å². The van der Waals surface area contributed by atoms with Crippen molar-refractivity contribution in [1.29, 1.82) is 0 Å². The van der Waals surface area contributed by atoms with E-state index in [-0.39, 0.29) is 78.8 Å². The van der Waals surface area contributed by atoms with Crippen LogP contribution < -0.4 is 0 Å². The molecule has 0 aromatic rings. The molecule has 0 atom stereocenters. The van der Waals surface area contributed by atoms with Crippen LogP contribution in [-0.2, 0) is 0 Å². The first-order valence-corrected chi connectivity index (χ1v) is 0. The van der Waals surface area contributed by atoms with Gasteiger partial charge in [-0.25, -0.2) is 0 Å². The van der Waals surface area contributed by atoms with Gasteiger partial charge in [-0.1, -0.05) is 0 Å². The molecular formula is H19NaO9. The Morgan fingerprint density at radius 1 is 0.200 bits per heavy atom. The summed E-state index contributed by atoms with van der Waals surface area (Å²) in [6, 6.07) is 0. The first kappa shape index (κ1) is 2410. The van der Waals surface area contributed by atoms with Crippen LogP contribution in [0.15, 0.2) is 0 Å². The Morgan fingerprint density at radius 2 is 0.200 bits per heavy atom. The Balaban J connectivity index is 0. The van der Waals surface area contributed by atoms with Crippen LogP contribution in [-0.4, -0.2) is 78.8 Å². The first-order chi connectivity index (χ1) is 0. The average molecular weight is 186 g/mol. The molecule has 0 fully saturated rings. The van der Waals surface area contributed by atoms with Gasteiger partial charge in [-0.3, -0.25) is 0 Å². The van der Waals surface area contributed by atoms with Crippen molar-refractivity contribution >= 4 is 29.6 Å². The van der Waals surface area contributed by atoms with Crippen LogP contribution in [0.2, 0.25) is 0 Å². The van der Waals surface area contributed by atoms with E-state index in [1.807, 2.05) is 0 Å². The molecule has 0 spiro atoms. The third-order valence-electron chi connectivity index (χ3n) is 0. The maximum atomic E-state index is 0. The minimum absolute atomic E-state index is 0. The normalized spacial score (nSPS) is 0. The Kier molecular flexibility index (Phi) is 424000. The molecule has 0 amide bonds. The Labute approximate surface area is 79.1 Å². The SMILES string of the molecule is O.O.O.O.O.O.O.O.O.[NaH]. The van der Waals surface area contributed by atoms with Gasteiger partial charge in [0.25, 0.3) is 0 Å². The van der Waals surface area contributed by atoms with Gasteiger partial charge >= 0.3 is 29.6 Å². The standard InChI is InChI=1S/Na.9H2O.H/h;9*1H2;. The number of hydrogen-bond acceptors (Lipinski definition) is 0. The Hall–Kier alpha value is 0.640. The van der Waals surface area contributed by atoms with Crippen molar-refractivity contribution in [1.82, 2.24) is 0 Å². The van der Waals surface area contributed by atoms with Gasteiger partial charge in [0.2, 0.25) is 0 Å². The molecule has 0 rings (SSSR count). The summed E-state index contributed by atoms with van der Waals surface area (Å²) in [5.74, 6) is 0. The van der Waals surface area contributed by atoms with Crippen LogP contribution in [0.25, 0.3) is 0 Å². The second kappa shape index (κ2) is 1760. The fourth-order valence-electron chi connectivity index (χ4n) is 0. The fourth-order valence-corrected chi connectivity index (χ4v) is 0. The zero-order valence-electron chi connectivity index (χ0n) is 4.50. The zero-order valence-corrected chi connectivity index (χ0v) is 4.50. The van der Waals surface area contributed by atoms with Crippen molar-refractivity contribution < 1.29 is 49.3 Å². The summed E-state index contributed by atoms with van der Waals surface area (Å²) < 4.78 is 0. The Morgan fingerprint density at radius 3 is 0.200 bits per heavy atom. The predicted molar refractivity (Wildman–Crippen MR) is 39.7 cm³/mol. The van der Waals surface area contributed by atoms with Gasteiger partial charge < -0.3 is 49.3 Å². The first-order valence-electron chi connectivity index (χ1n) is 0. The summed E-state index contributed by atoms with van der Waals surface area (Å²) >= 11 is 0. The summed E-state index contributed by atoms with van der Waals surface area (Å²) in [5, 5.41) is 0. The third kappa shape index (κ3) is 1230. The number of rotatable bonds is 0. The molecule has 18 N–H and O–H groups in total. The quantitative estimate of drug-likeness (QED) is 0.318. The molecule has 0 aliphatic heterocycles. The van der Waals surface area contributed by atoms with Crippen LogP contribution in [0.3, 0.4) is 0 Å². The van der Waals surface area contributed by atoms with E-state index in [2.05, 4.69) is 0 Å². The Bertz CT molecular complexity index is 4.69. The minimum atomic E-state index is 0. The number of hydrogen-bond donors (Lipinski definition) is 0. The van der Waals surface area contributed by atoms with Crippen LogP contribution in [0.1, 0.15) is 0 Å². The van der Waals surface area contributed by atoms with E-state index in [4.69, 9.17) is 0 Å². The second-order valence-corrected chi connectivity index (χ2v) is 0. The summed E-state index contributed by atoms with van der Waals surface area (Å²) in [6.45, 7) is 0. The van der Waals surface area contributed by atoms with Gasteiger partial charge in [-0.15, -0.1) is 0 Å². The zero-order chi connectivity index (χ0) is 0. The fraction of sp³-hybridized carbons (Fsp3) is 0. The van der Waals surface area contributed by atoms with E-state index in [1.165, 1.54) is 0 Å². The monoisotopic (exact) mass is 186 g/mol. The van der Waals surface area contributed by atoms with Crippen molar-refractivity contribution in [3.63, 3.8) is 0 Å². The topological polar surface area (TPSA) is 284 Å². The molecule has 0 heterocycles. The molecule has 0 bridgehead atoms. The molecule has 0 aliphatic rings. The molecule has 74 valence electrons. The molecule has 0 radical (unpaired) electrons. The summed E-state index contributed by atoms with van der Waals surface area (Å²) in [7, 11) is 0. The van der Waals surface area contributed by atoms with Crippen molar-refractivity contribution in [2.24, 2.45) is 0 Å². The maximum absolute atomic E-state index is 0. The molecular weight excluding hydrogens is 167 g/mol. The predicted octanol–water partition coefficient (Wildman–Crippen LogP) is -8.07. The molecule has 10 heteroatoms. The summed E-state index contributed by atoms with van der Waals surface area (Å²) in [5.41, 5.74) is 0. The molecule has 0 saturated heterocycles. The van der Waals surface area contributed by atoms with E-state index in [9.17, 15) is 0 Å². The van der Waals surface area contributed by atoms with E-state index < -0.39 is 0 Å². The van der Waals surface area contributed by atoms with E-state index >= 15 is 0 Å². The van der Waals surface area contributed by atoms with Crippen LogP contribution in [0, 0.1) is 0 Å². The second-order valence-electron chi connectivity index (χ2n) is 0. The van der Waals surface area contributed by atoms with Crippen molar-refractivity contribution in [2.75, 3.05) is 0 Å². The molecule has 10 heavy (non-hydrogen) atoms. The molecule has 0 aromatic heterocycles. The van der Waals surface area contributed by atoms with Gasteiger partial charge in [0.1, 0.15) is 0 Å². The van der Waals surface area contributed by atoms with Gasteiger partial charge in [-0.2, -0.15) is 0 Å². The molecule has 0 unspecified atom stereocenters. The summed E-state index contributed by atoms with van der Waals surface area (Å²) in [6.07, 6.45) is 0.